The molecule has 0 unspecified atom stereocenters. The van der Waals surface area contributed by atoms with E-state index in [1.807, 2.05) is 0 Å². The van der Waals surface area contributed by atoms with E-state index in [4.69, 9.17) is 11.6 Å². The third-order valence-electron chi connectivity index (χ3n) is 4.55. The van der Waals surface area contributed by atoms with E-state index >= 15 is 0 Å². The minimum Gasteiger partial charge on any atom is -0.304 e. The zero-order valence-corrected chi connectivity index (χ0v) is 13.3. The molecule has 1 heterocycles. The number of halogens is 2. The van der Waals surface area contributed by atoms with Gasteiger partial charge in [-0.25, -0.2) is 4.39 Å². The summed E-state index contributed by atoms with van der Waals surface area (Å²) in [5.41, 5.74) is 1.03. The quantitative estimate of drug-likeness (QED) is 0.840. The van der Waals surface area contributed by atoms with Crippen molar-refractivity contribution in [3.63, 3.8) is 0 Å². The topological polar surface area (TPSA) is 6.48 Å². The molecule has 2 atom stereocenters. The van der Waals surface area contributed by atoms with Crippen LogP contribution in [0.3, 0.4) is 0 Å². The lowest BCUT2D eigenvalue weighted by molar-refractivity contribution is 0.105. The molecule has 1 aliphatic rings. The molecule has 0 aliphatic carbocycles. The first-order chi connectivity index (χ1) is 9.47. The first-order valence-electron chi connectivity index (χ1n) is 7.31. The number of piperidine rings is 1. The van der Waals surface area contributed by atoms with E-state index in [-0.39, 0.29) is 5.82 Å². The summed E-state index contributed by atoms with van der Waals surface area (Å²) in [6.07, 6.45) is 3.30. The highest BCUT2D eigenvalue weighted by molar-refractivity contribution is 6.31. The maximum absolute atomic E-state index is 13.0. The van der Waals surface area contributed by atoms with Crippen LogP contribution in [0.15, 0.2) is 18.2 Å². The summed E-state index contributed by atoms with van der Waals surface area (Å²) in [4.78, 5) is 4.84. The molecule has 4 heteroatoms. The van der Waals surface area contributed by atoms with Crippen LogP contribution in [0.5, 0.6) is 0 Å². The molecule has 0 saturated carbocycles. The molecule has 0 N–H and O–H groups in total. The van der Waals surface area contributed by atoms with Crippen LogP contribution in [0, 0.1) is 5.82 Å². The zero-order valence-electron chi connectivity index (χ0n) is 12.6. The van der Waals surface area contributed by atoms with Crippen molar-refractivity contribution in [2.45, 2.75) is 38.3 Å². The van der Waals surface area contributed by atoms with Gasteiger partial charge in [-0.05, 0) is 64.5 Å². The van der Waals surface area contributed by atoms with Gasteiger partial charge in [0.2, 0.25) is 0 Å². The van der Waals surface area contributed by atoms with Gasteiger partial charge < -0.3 is 9.80 Å². The van der Waals surface area contributed by atoms with E-state index in [1.54, 1.807) is 6.07 Å². The van der Waals surface area contributed by atoms with Crippen LogP contribution in [-0.2, 0) is 6.42 Å². The molecule has 1 aliphatic heterocycles. The fourth-order valence-corrected chi connectivity index (χ4v) is 3.13. The number of rotatable bonds is 4. The predicted molar refractivity (Wildman–Crippen MR) is 82.9 cm³/mol. The molecule has 20 heavy (non-hydrogen) atoms. The lowest BCUT2D eigenvalue weighted by Crippen LogP contribution is -2.46. The molecule has 0 amide bonds. The Bertz CT molecular complexity index is 452. The molecular weight excluding hydrogens is 275 g/mol. The molecule has 2 rings (SSSR count). The molecule has 0 bridgehead atoms. The van der Waals surface area contributed by atoms with Gasteiger partial charge >= 0.3 is 0 Å². The van der Waals surface area contributed by atoms with Gasteiger partial charge in [0.25, 0.3) is 0 Å². The SMILES string of the molecule is C[C@H]1C[C@@H](N(C)CCc2ccc(F)cc2Cl)CCN1C. The zero-order chi connectivity index (χ0) is 14.7. The second kappa shape index (κ2) is 6.88. The lowest BCUT2D eigenvalue weighted by Gasteiger charge is -2.39. The number of hydrogen-bond donors (Lipinski definition) is 0. The van der Waals surface area contributed by atoms with E-state index in [0.29, 0.717) is 17.1 Å². The van der Waals surface area contributed by atoms with Gasteiger partial charge in [0, 0.05) is 23.7 Å². The van der Waals surface area contributed by atoms with E-state index in [1.165, 1.54) is 25.0 Å². The van der Waals surface area contributed by atoms with Gasteiger partial charge in [0.05, 0.1) is 0 Å². The normalized spacial score (nSPS) is 24.3. The van der Waals surface area contributed by atoms with Gasteiger partial charge in [0.15, 0.2) is 0 Å². The Morgan fingerprint density at radius 3 is 2.85 bits per heavy atom. The van der Waals surface area contributed by atoms with Crippen molar-refractivity contribution in [3.8, 4) is 0 Å². The summed E-state index contributed by atoms with van der Waals surface area (Å²) in [6, 6.07) is 5.96. The predicted octanol–water partition coefficient (Wildman–Crippen LogP) is 3.44. The minimum absolute atomic E-state index is 0.267. The maximum atomic E-state index is 13.0. The first-order valence-corrected chi connectivity index (χ1v) is 7.69. The van der Waals surface area contributed by atoms with Gasteiger partial charge in [0.1, 0.15) is 5.82 Å². The number of benzene rings is 1. The fourth-order valence-electron chi connectivity index (χ4n) is 2.87. The van der Waals surface area contributed by atoms with Crippen LogP contribution >= 0.6 is 11.6 Å². The van der Waals surface area contributed by atoms with Crippen molar-refractivity contribution >= 4 is 11.6 Å². The number of hydrogen-bond acceptors (Lipinski definition) is 2. The first kappa shape index (κ1) is 15.7. The van der Waals surface area contributed by atoms with Crippen molar-refractivity contribution < 1.29 is 4.39 Å². The van der Waals surface area contributed by atoms with Crippen molar-refractivity contribution in [1.29, 1.82) is 0 Å². The molecule has 2 nitrogen and oxygen atoms in total. The summed E-state index contributed by atoms with van der Waals surface area (Å²) in [5, 5.41) is 0.537. The summed E-state index contributed by atoms with van der Waals surface area (Å²) in [7, 11) is 4.37. The number of likely N-dealkylation sites (tertiary alicyclic amines) is 1. The van der Waals surface area contributed by atoms with E-state index in [9.17, 15) is 4.39 Å². The van der Waals surface area contributed by atoms with Gasteiger partial charge in [-0.2, -0.15) is 0 Å². The highest BCUT2D eigenvalue weighted by Crippen LogP contribution is 2.21. The molecule has 1 aromatic rings. The van der Waals surface area contributed by atoms with Gasteiger partial charge in [-0.3, -0.25) is 0 Å². The minimum atomic E-state index is -0.267. The van der Waals surface area contributed by atoms with Crippen LogP contribution in [0.4, 0.5) is 4.39 Å². The number of nitrogens with zero attached hydrogens (tertiary/aromatic N) is 2. The van der Waals surface area contributed by atoms with Crippen molar-refractivity contribution in [1.82, 2.24) is 9.80 Å². The standard InChI is InChI=1S/C16H24ClFN2/c1-12-10-15(7-9-19(12)2)20(3)8-6-13-4-5-14(18)11-16(13)17/h4-5,11-12,15H,6-10H2,1-3H3/t12-,15-/m0/s1. The Morgan fingerprint density at radius 1 is 1.45 bits per heavy atom. The Hall–Kier alpha value is -0.640. The molecule has 1 saturated heterocycles. The maximum Gasteiger partial charge on any atom is 0.124 e. The van der Waals surface area contributed by atoms with Gasteiger partial charge in [-0.1, -0.05) is 17.7 Å². The average Bonchev–Trinajstić information content (AvgIpc) is 2.40. The summed E-state index contributed by atoms with van der Waals surface area (Å²) in [5.74, 6) is -0.267. The highest BCUT2D eigenvalue weighted by atomic mass is 35.5. The number of likely N-dealkylation sites (N-methyl/N-ethyl adjacent to an activating group) is 1. The molecule has 112 valence electrons. The van der Waals surface area contributed by atoms with Crippen LogP contribution < -0.4 is 0 Å². The third-order valence-corrected chi connectivity index (χ3v) is 4.90. The van der Waals surface area contributed by atoms with Crippen LogP contribution in [0.25, 0.3) is 0 Å². The Kier molecular flexibility index (Phi) is 5.42. The van der Waals surface area contributed by atoms with E-state index in [2.05, 4.69) is 30.8 Å². The summed E-state index contributed by atoms with van der Waals surface area (Å²) < 4.78 is 13.0. The van der Waals surface area contributed by atoms with Crippen LogP contribution in [-0.4, -0.2) is 49.1 Å². The second-order valence-corrected chi connectivity index (χ2v) is 6.38. The Labute approximate surface area is 126 Å². The van der Waals surface area contributed by atoms with Gasteiger partial charge in [-0.15, -0.1) is 0 Å². The largest absolute Gasteiger partial charge is 0.304 e. The van der Waals surface area contributed by atoms with Crippen molar-refractivity contribution in [2.75, 3.05) is 27.2 Å². The molecule has 0 radical (unpaired) electrons. The Balaban J connectivity index is 1.87. The van der Waals surface area contributed by atoms with Crippen LogP contribution in [0.1, 0.15) is 25.3 Å². The summed E-state index contributed by atoms with van der Waals surface area (Å²) in [6.45, 7) is 4.41. The van der Waals surface area contributed by atoms with E-state index < -0.39 is 0 Å². The average molecular weight is 299 g/mol. The van der Waals surface area contributed by atoms with Crippen LogP contribution in [0.2, 0.25) is 5.02 Å². The molecule has 0 aromatic heterocycles. The molecule has 1 fully saturated rings. The van der Waals surface area contributed by atoms with Crippen molar-refractivity contribution in [3.05, 3.63) is 34.6 Å². The smallest absolute Gasteiger partial charge is 0.124 e. The van der Waals surface area contributed by atoms with E-state index in [0.717, 1.165) is 25.1 Å². The lowest BCUT2D eigenvalue weighted by atomic mass is 9.97. The molecule has 0 spiro atoms. The third kappa shape index (κ3) is 3.94. The summed E-state index contributed by atoms with van der Waals surface area (Å²) >= 11 is 6.08. The second-order valence-electron chi connectivity index (χ2n) is 5.97. The highest BCUT2D eigenvalue weighted by Gasteiger charge is 2.25. The Morgan fingerprint density at radius 2 is 2.20 bits per heavy atom. The monoisotopic (exact) mass is 298 g/mol. The molecular formula is C16H24ClFN2. The molecule has 1 aromatic carbocycles. The fraction of sp³-hybridized carbons (Fsp3) is 0.625. The van der Waals surface area contributed by atoms with Crippen molar-refractivity contribution in [2.24, 2.45) is 0 Å².